The molecule has 1 aliphatic heterocycles. The van der Waals surface area contributed by atoms with E-state index in [2.05, 4.69) is 28.3 Å². The molecule has 0 bridgehead atoms. The van der Waals surface area contributed by atoms with Gasteiger partial charge in [0.1, 0.15) is 5.75 Å². The zero-order valence-electron chi connectivity index (χ0n) is 18.3. The monoisotopic (exact) mass is 468 g/mol. The Labute approximate surface area is 193 Å². The standard InChI is InChI=1S/C21H24F2N2O2S2.C2H6/c1-21(2,27-15-6-7-18(22)19(23)12-15)20(26)24-14-8-10-25(11-9-14)29-17-5-3-4-16(28)13-17;1-2/h3-7,12-14,28H,8-11H2,1-2H3,(H,24,26);1-2H3. The Morgan fingerprint density at radius 2 is 1.81 bits per heavy atom. The summed E-state index contributed by atoms with van der Waals surface area (Å²) in [5.41, 5.74) is -1.21. The number of piperidine rings is 1. The summed E-state index contributed by atoms with van der Waals surface area (Å²) in [5, 5.41) is 3.02. The summed E-state index contributed by atoms with van der Waals surface area (Å²) in [4.78, 5) is 14.7. The van der Waals surface area contributed by atoms with E-state index in [1.54, 1.807) is 25.8 Å². The van der Waals surface area contributed by atoms with E-state index in [-0.39, 0.29) is 17.7 Å². The third-order valence-corrected chi connectivity index (χ3v) is 6.02. The van der Waals surface area contributed by atoms with Crippen LogP contribution < -0.4 is 10.1 Å². The van der Waals surface area contributed by atoms with Crippen LogP contribution in [-0.4, -0.2) is 34.9 Å². The number of benzene rings is 2. The highest BCUT2D eigenvalue weighted by Crippen LogP contribution is 2.28. The van der Waals surface area contributed by atoms with Crippen LogP contribution in [-0.2, 0) is 4.79 Å². The summed E-state index contributed by atoms with van der Waals surface area (Å²) < 4.78 is 34.3. The van der Waals surface area contributed by atoms with Gasteiger partial charge in [-0.25, -0.2) is 13.1 Å². The summed E-state index contributed by atoms with van der Waals surface area (Å²) in [7, 11) is 0. The van der Waals surface area contributed by atoms with Crippen molar-refractivity contribution in [2.45, 2.75) is 62.0 Å². The van der Waals surface area contributed by atoms with E-state index in [1.807, 2.05) is 32.0 Å². The van der Waals surface area contributed by atoms with Gasteiger partial charge in [0.05, 0.1) is 0 Å². The Balaban J connectivity index is 0.00000166. The normalized spacial score (nSPS) is 15.1. The van der Waals surface area contributed by atoms with Crippen LogP contribution in [0.4, 0.5) is 8.78 Å². The first-order valence-electron chi connectivity index (χ1n) is 10.4. The maximum Gasteiger partial charge on any atom is 0.263 e. The van der Waals surface area contributed by atoms with Gasteiger partial charge in [-0.3, -0.25) is 4.79 Å². The Kier molecular flexibility index (Phi) is 9.65. The van der Waals surface area contributed by atoms with Crippen molar-refractivity contribution in [2.24, 2.45) is 0 Å². The van der Waals surface area contributed by atoms with Crippen LogP contribution >= 0.6 is 24.6 Å². The average molecular weight is 469 g/mol. The van der Waals surface area contributed by atoms with E-state index in [0.717, 1.165) is 47.9 Å². The summed E-state index contributed by atoms with van der Waals surface area (Å²) in [6, 6.07) is 11.3. The van der Waals surface area contributed by atoms with Gasteiger partial charge in [-0.15, -0.1) is 12.6 Å². The largest absolute Gasteiger partial charge is 0.478 e. The predicted octanol–water partition coefficient (Wildman–Crippen LogP) is 5.73. The van der Waals surface area contributed by atoms with Gasteiger partial charge >= 0.3 is 0 Å². The van der Waals surface area contributed by atoms with Crippen LogP contribution in [0.2, 0.25) is 0 Å². The molecule has 0 unspecified atom stereocenters. The molecule has 0 radical (unpaired) electrons. The fourth-order valence-electron chi connectivity index (χ4n) is 3.02. The highest BCUT2D eigenvalue weighted by atomic mass is 32.2. The van der Waals surface area contributed by atoms with E-state index in [0.29, 0.717) is 0 Å². The molecule has 4 nitrogen and oxygen atoms in total. The maximum atomic E-state index is 13.4. The summed E-state index contributed by atoms with van der Waals surface area (Å²) in [6.45, 7) is 8.91. The lowest BCUT2D eigenvalue weighted by Gasteiger charge is -2.33. The fourth-order valence-corrected chi connectivity index (χ4v) is 4.34. The van der Waals surface area contributed by atoms with Crippen LogP contribution in [0, 0.1) is 11.6 Å². The molecule has 1 fully saturated rings. The van der Waals surface area contributed by atoms with E-state index in [4.69, 9.17) is 4.74 Å². The lowest BCUT2D eigenvalue weighted by Crippen LogP contribution is -2.52. The minimum Gasteiger partial charge on any atom is -0.478 e. The molecule has 0 aromatic heterocycles. The number of amides is 1. The third-order valence-electron chi connectivity index (χ3n) is 4.65. The van der Waals surface area contributed by atoms with Crippen molar-refractivity contribution in [2.75, 3.05) is 13.1 Å². The van der Waals surface area contributed by atoms with E-state index in [9.17, 15) is 13.6 Å². The number of thiol groups is 1. The predicted molar refractivity (Wildman–Crippen MR) is 125 cm³/mol. The molecule has 0 atom stereocenters. The zero-order chi connectivity index (χ0) is 23.0. The smallest absolute Gasteiger partial charge is 0.263 e. The first-order valence-corrected chi connectivity index (χ1v) is 11.6. The van der Waals surface area contributed by atoms with E-state index in [1.165, 1.54) is 6.07 Å². The fraction of sp³-hybridized carbons (Fsp3) is 0.435. The lowest BCUT2D eigenvalue weighted by molar-refractivity contribution is -0.135. The third kappa shape index (κ3) is 7.70. The van der Waals surface area contributed by atoms with Crippen molar-refractivity contribution >= 4 is 30.5 Å². The quantitative estimate of drug-likeness (QED) is 0.420. The Hall–Kier alpha value is -1.77. The minimum atomic E-state index is -1.21. The van der Waals surface area contributed by atoms with Gasteiger partial charge in [0, 0.05) is 35.0 Å². The molecule has 2 aromatic rings. The molecule has 0 spiro atoms. The van der Waals surface area contributed by atoms with Gasteiger partial charge in [-0.1, -0.05) is 19.9 Å². The highest BCUT2D eigenvalue weighted by molar-refractivity contribution is 7.97. The maximum absolute atomic E-state index is 13.4. The first kappa shape index (κ1) is 25.5. The number of rotatable bonds is 6. The lowest BCUT2D eigenvalue weighted by atomic mass is 10.0. The van der Waals surface area contributed by atoms with E-state index < -0.39 is 17.2 Å². The first-order chi connectivity index (χ1) is 14.7. The molecule has 1 amide bonds. The minimum absolute atomic E-state index is 0.0448. The van der Waals surface area contributed by atoms with Crippen molar-refractivity contribution in [3.63, 3.8) is 0 Å². The van der Waals surface area contributed by atoms with Crippen LogP contribution in [0.25, 0.3) is 0 Å². The Morgan fingerprint density at radius 3 is 2.42 bits per heavy atom. The molecular formula is C23H30F2N2O2S2. The zero-order valence-corrected chi connectivity index (χ0v) is 20.0. The molecule has 0 aliphatic carbocycles. The molecule has 8 heteroatoms. The van der Waals surface area contributed by atoms with Gasteiger partial charge in [-0.2, -0.15) is 0 Å². The summed E-state index contributed by atoms with van der Waals surface area (Å²) >= 11 is 6.06. The second-order valence-electron chi connectivity index (χ2n) is 7.45. The molecule has 1 N–H and O–H groups in total. The van der Waals surface area contributed by atoms with Crippen LogP contribution in [0.5, 0.6) is 5.75 Å². The van der Waals surface area contributed by atoms with Gasteiger partial charge in [0.15, 0.2) is 17.2 Å². The van der Waals surface area contributed by atoms with Gasteiger partial charge < -0.3 is 10.1 Å². The number of ether oxygens (including phenoxy) is 1. The SMILES string of the molecule is CC.CC(C)(Oc1ccc(F)c(F)c1)C(=O)NC1CCN(Sc2cccc(S)c2)CC1. The number of hydrogen-bond donors (Lipinski definition) is 2. The highest BCUT2D eigenvalue weighted by Gasteiger charge is 2.33. The second kappa shape index (κ2) is 11.7. The second-order valence-corrected chi connectivity index (χ2v) is 9.14. The number of nitrogens with one attached hydrogen (secondary N) is 1. The van der Waals surface area contributed by atoms with Crippen molar-refractivity contribution in [3.05, 3.63) is 54.1 Å². The van der Waals surface area contributed by atoms with Crippen molar-refractivity contribution in [1.29, 1.82) is 0 Å². The summed E-state index contributed by atoms with van der Waals surface area (Å²) in [6.07, 6.45) is 1.64. The number of nitrogens with zero attached hydrogens (tertiary/aromatic N) is 1. The van der Waals surface area contributed by atoms with Gasteiger partial charge in [0.2, 0.25) is 0 Å². The average Bonchev–Trinajstić information content (AvgIpc) is 2.73. The van der Waals surface area contributed by atoms with Crippen LogP contribution in [0.15, 0.2) is 52.3 Å². The summed E-state index contributed by atoms with van der Waals surface area (Å²) in [5.74, 6) is -2.13. The topological polar surface area (TPSA) is 41.6 Å². The van der Waals surface area contributed by atoms with Gasteiger partial charge in [-0.05, 0) is 69.0 Å². The number of hydrogen-bond acceptors (Lipinski definition) is 5. The van der Waals surface area contributed by atoms with Crippen LogP contribution in [0.3, 0.4) is 0 Å². The molecule has 31 heavy (non-hydrogen) atoms. The van der Waals surface area contributed by atoms with Crippen molar-refractivity contribution in [1.82, 2.24) is 9.62 Å². The number of carbonyl (C=O) groups excluding carboxylic acids is 1. The molecule has 1 saturated heterocycles. The molecular weight excluding hydrogens is 438 g/mol. The molecule has 1 aliphatic rings. The van der Waals surface area contributed by atoms with E-state index >= 15 is 0 Å². The number of halogens is 2. The Bertz CT molecular complexity index is 872. The Morgan fingerprint density at radius 1 is 1.13 bits per heavy atom. The molecule has 2 aromatic carbocycles. The van der Waals surface area contributed by atoms with Gasteiger partial charge in [0.25, 0.3) is 5.91 Å². The molecule has 0 saturated carbocycles. The van der Waals surface area contributed by atoms with Crippen molar-refractivity contribution < 1.29 is 18.3 Å². The van der Waals surface area contributed by atoms with Crippen molar-refractivity contribution in [3.8, 4) is 5.75 Å². The molecule has 1 heterocycles. The molecule has 170 valence electrons. The number of carbonyl (C=O) groups is 1. The van der Waals surface area contributed by atoms with Crippen LogP contribution in [0.1, 0.15) is 40.5 Å². The molecule has 3 rings (SSSR count).